The Labute approximate surface area is 120 Å². The molecule has 1 aromatic carbocycles. The molecule has 0 aliphatic heterocycles. The van der Waals surface area contributed by atoms with Crippen molar-refractivity contribution in [2.24, 2.45) is 0 Å². The summed E-state index contributed by atoms with van der Waals surface area (Å²) in [5.74, 6) is 0.837. The van der Waals surface area contributed by atoms with E-state index in [9.17, 15) is 4.79 Å². The number of nitrogens with one attached hydrogen (secondary N) is 1. The first-order chi connectivity index (χ1) is 9.69. The van der Waals surface area contributed by atoms with Gasteiger partial charge in [0.1, 0.15) is 5.75 Å². The molecule has 1 atom stereocenters. The van der Waals surface area contributed by atoms with Crippen molar-refractivity contribution in [3.8, 4) is 5.75 Å². The van der Waals surface area contributed by atoms with Crippen molar-refractivity contribution in [2.75, 3.05) is 20.8 Å². The average molecular weight is 277 g/mol. The van der Waals surface area contributed by atoms with E-state index in [1.165, 1.54) is 0 Å². The van der Waals surface area contributed by atoms with Crippen LogP contribution in [0.3, 0.4) is 0 Å². The van der Waals surface area contributed by atoms with E-state index < -0.39 is 0 Å². The lowest BCUT2D eigenvalue weighted by Crippen LogP contribution is -2.37. The number of hydrogen-bond donors (Lipinski definition) is 1. The standard InChI is InChI=1S/C16H23NO3/c1-4-14(12-19-2)17-16(18)7-5-6-13-8-10-15(20-3)11-9-13/h5-6,8-11,14H,4,7,12H2,1-3H3,(H,17,18). The summed E-state index contributed by atoms with van der Waals surface area (Å²) >= 11 is 0. The summed E-state index contributed by atoms with van der Waals surface area (Å²) in [6.45, 7) is 2.57. The van der Waals surface area contributed by atoms with Gasteiger partial charge in [-0.1, -0.05) is 31.2 Å². The van der Waals surface area contributed by atoms with Gasteiger partial charge in [-0.05, 0) is 24.1 Å². The van der Waals surface area contributed by atoms with Gasteiger partial charge in [-0.15, -0.1) is 0 Å². The number of carbonyl (C=O) groups is 1. The minimum absolute atomic E-state index is 0.0126. The predicted octanol–water partition coefficient (Wildman–Crippen LogP) is 2.64. The van der Waals surface area contributed by atoms with E-state index >= 15 is 0 Å². The van der Waals surface area contributed by atoms with Crippen LogP contribution in [0, 0.1) is 0 Å². The number of methoxy groups -OCH3 is 2. The normalized spacial score (nSPS) is 12.3. The maximum atomic E-state index is 11.7. The van der Waals surface area contributed by atoms with Gasteiger partial charge in [-0.3, -0.25) is 4.79 Å². The lowest BCUT2D eigenvalue weighted by Gasteiger charge is -2.15. The molecule has 0 saturated carbocycles. The zero-order valence-electron chi connectivity index (χ0n) is 12.4. The van der Waals surface area contributed by atoms with Gasteiger partial charge in [-0.2, -0.15) is 0 Å². The van der Waals surface area contributed by atoms with Crippen LogP contribution in [-0.4, -0.2) is 32.8 Å². The second-order valence-corrected chi connectivity index (χ2v) is 4.51. The van der Waals surface area contributed by atoms with Crippen LogP contribution in [0.15, 0.2) is 30.3 Å². The fraction of sp³-hybridized carbons (Fsp3) is 0.438. The van der Waals surface area contributed by atoms with Crippen molar-refractivity contribution in [3.05, 3.63) is 35.9 Å². The molecule has 0 radical (unpaired) electrons. The smallest absolute Gasteiger partial charge is 0.224 e. The fourth-order valence-electron chi connectivity index (χ4n) is 1.77. The second kappa shape index (κ2) is 9.15. The van der Waals surface area contributed by atoms with Gasteiger partial charge in [0.25, 0.3) is 0 Å². The Balaban J connectivity index is 2.40. The van der Waals surface area contributed by atoms with Gasteiger partial charge >= 0.3 is 0 Å². The molecule has 0 saturated heterocycles. The van der Waals surface area contributed by atoms with Crippen LogP contribution in [0.4, 0.5) is 0 Å². The van der Waals surface area contributed by atoms with Crippen LogP contribution in [0.1, 0.15) is 25.3 Å². The van der Waals surface area contributed by atoms with Gasteiger partial charge in [0.2, 0.25) is 5.91 Å². The Bertz CT molecular complexity index is 426. The Morgan fingerprint density at radius 1 is 1.30 bits per heavy atom. The molecule has 1 aromatic rings. The minimum Gasteiger partial charge on any atom is -0.497 e. The molecule has 1 N–H and O–H groups in total. The summed E-state index contributed by atoms with van der Waals surface area (Å²) in [5, 5.41) is 2.94. The SMILES string of the molecule is CCC(COC)NC(=O)CC=Cc1ccc(OC)cc1. The molecule has 0 fully saturated rings. The highest BCUT2D eigenvalue weighted by molar-refractivity contribution is 5.78. The molecule has 0 aliphatic carbocycles. The molecule has 4 nitrogen and oxygen atoms in total. The highest BCUT2D eigenvalue weighted by Gasteiger charge is 2.08. The Kier molecular flexibility index (Phi) is 7.43. The monoisotopic (exact) mass is 277 g/mol. The van der Waals surface area contributed by atoms with Crippen molar-refractivity contribution in [1.29, 1.82) is 0 Å². The van der Waals surface area contributed by atoms with E-state index in [1.807, 2.05) is 43.3 Å². The molecule has 20 heavy (non-hydrogen) atoms. The highest BCUT2D eigenvalue weighted by atomic mass is 16.5. The molecule has 0 aliphatic rings. The van der Waals surface area contributed by atoms with Crippen molar-refractivity contribution >= 4 is 12.0 Å². The zero-order chi connectivity index (χ0) is 14.8. The number of amides is 1. The van der Waals surface area contributed by atoms with Gasteiger partial charge < -0.3 is 14.8 Å². The molecular formula is C16H23NO3. The number of benzene rings is 1. The lowest BCUT2D eigenvalue weighted by molar-refractivity contribution is -0.121. The molecule has 1 unspecified atom stereocenters. The number of rotatable bonds is 8. The maximum absolute atomic E-state index is 11.7. The van der Waals surface area contributed by atoms with Gasteiger partial charge in [0.15, 0.2) is 0 Å². The third-order valence-electron chi connectivity index (χ3n) is 2.96. The average Bonchev–Trinajstić information content (AvgIpc) is 2.47. The van der Waals surface area contributed by atoms with E-state index in [2.05, 4.69) is 5.32 Å². The van der Waals surface area contributed by atoms with Gasteiger partial charge in [0.05, 0.1) is 19.8 Å². The molecule has 1 amide bonds. The molecule has 1 rings (SSSR count). The van der Waals surface area contributed by atoms with Crippen LogP contribution in [-0.2, 0) is 9.53 Å². The van der Waals surface area contributed by atoms with E-state index in [-0.39, 0.29) is 11.9 Å². The number of carbonyl (C=O) groups excluding carboxylic acids is 1. The molecule has 0 aromatic heterocycles. The van der Waals surface area contributed by atoms with Gasteiger partial charge in [-0.25, -0.2) is 0 Å². The first-order valence-corrected chi connectivity index (χ1v) is 6.78. The number of hydrogen-bond acceptors (Lipinski definition) is 3. The summed E-state index contributed by atoms with van der Waals surface area (Å²) in [7, 11) is 3.28. The van der Waals surface area contributed by atoms with Crippen molar-refractivity contribution in [3.63, 3.8) is 0 Å². The van der Waals surface area contributed by atoms with Crippen LogP contribution >= 0.6 is 0 Å². The molecule has 110 valence electrons. The minimum atomic E-state index is 0.0126. The first kappa shape index (κ1) is 16.2. The van der Waals surface area contributed by atoms with Crippen molar-refractivity contribution in [1.82, 2.24) is 5.32 Å². The molecule has 4 heteroatoms. The summed E-state index contributed by atoms with van der Waals surface area (Å²) in [4.78, 5) is 11.7. The van der Waals surface area contributed by atoms with Crippen LogP contribution in [0.2, 0.25) is 0 Å². The number of ether oxygens (including phenoxy) is 2. The highest BCUT2D eigenvalue weighted by Crippen LogP contribution is 2.12. The molecular weight excluding hydrogens is 254 g/mol. The van der Waals surface area contributed by atoms with E-state index in [4.69, 9.17) is 9.47 Å². The van der Waals surface area contributed by atoms with Gasteiger partial charge in [0, 0.05) is 13.5 Å². The zero-order valence-corrected chi connectivity index (χ0v) is 12.4. The van der Waals surface area contributed by atoms with E-state index in [0.717, 1.165) is 17.7 Å². The van der Waals surface area contributed by atoms with Crippen LogP contribution < -0.4 is 10.1 Å². The topological polar surface area (TPSA) is 47.6 Å². The molecule has 0 bridgehead atoms. The summed E-state index contributed by atoms with van der Waals surface area (Å²) in [6.07, 6.45) is 5.01. The summed E-state index contributed by atoms with van der Waals surface area (Å²) in [5.41, 5.74) is 1.04. The third kappa shape index (κ3) is 5.89. The van der Waals surface area contributed by atoms with E-state index in [0.29, 0.717) is 13.0 Å². The maximum Gasteiger partial charge on any atom is 0.224 e. The Hall–Kier alpha value is -1.81. The van der Waals surface area contributed by atoms with E-state index in [1.54, 1.807) is 14.2 Å². The van der Waals surface area contributed by atoms with Crippen molar-refractivity contribution in [2.45, 2.75) is 25.8 Å². The predicted molar refractivity (Wildman–Crippen MR) is 80.7 cm³/mol. The molecule has 0 spiro atoms. The Morgan fingerprint density at radius 2 is 2.00 bits per heavy atom. The van der Waals surface area contributed by atoms with Crippen LogP contribution in [0.25, 0.3) is 6.08 Å². The third-order valence-corrected chi connectivity index (χ3v) is 2.96. The quantitative estimate of drug-likeness (QED) is 0.794. The van der Waals surface area contributed by atoms with Crippen molar-refractivity contribution < 1.29 is 14.3 Å². The first-order valence-electron chi connectivity index (χ1n) is 6.78. The fourth-order valence-corrected chi connectivity index (χ4v) is 1.77. The Morgan fingerprint density at radius 3 is 2.55 bits per heavy atom. The second-order valence-electron chi connectivity index (χ2n) is 4.51. The lowest BCUT2D eigenvalue weighted by atomic mass is 10.2. The summed E-state index contributed by atoms with van der Waals surface area (Å²) in [6, 6.07) is 7.78. The van der Waals surface area contributed by atoms with Crippen LogP contribution in [0.5, 0.6) is 5.75 Å². The molecule has 0 heterocycles. The summed E-state index contributed by atoms with van der Waals surface area (Å²) < 4.78 is 10.1. The largest absolute Gasteiger partial charge is 0.497 e.